The number of aromatic nitrogens is 1. The Bertz CT molecular complexity index is 635. The second-order valence-electron chi connectivity index (χ2n) is 5.17. The molecule has 0 aliphatic carbocycles. The Morgan fingerprint density at radius 3 is 2.95 bits per heavy atom. The average molecular weight is 328 g/mol. The van der Waals surface area contributed by atoms with Crippen LogP contribution in [0.25, 0.3) is 0 Å². The summed E-state index contributed by atoms with van der Waals surface area (Å²) in [5.74, 6) is 0.332. The minimum absolute atomic E-state index is 0.259. The lowest BCUT2D eigenvalue weighted by atomic mass is 10.1. The number of hydrogen-bond acceptors (Lipinski definition) is 5. The van der Waals surface area contributed by atoms with Crippen molar-refractivity contribution < 1.29 is 17.9 Å². The molecule has 1 aliphatic heterocycles. The summed E-state index contributed by atoms with van der Waals surface area (Å²) in [7, 11) is -1.80. The van der Waals surface area contributed by atoms with Gasteiger partial charge in [-0.1, -0.05) is 0 Å². The van der Waals surface area contributed by atoms with Crippen molar-refractivity contribution in [2.45, 2.75) is 18.9 Å². The van der Waals surface area contributed by atoms with Crippen molar-refractivity contribution >= 4 is 21.7 Å². The highest BCUT2D eigenvalue weighted by Gasteiger charge is 2.26. The van der Waals surface area contributed by atoms with Crippen molar-refractivity contribution in [1.82, 2.24) is 14.6 Å². The lowest BCUT2D eigenvalue weighted by Crippen LogP contribution is -2.50. The van der Waals surface area contributed by atoms with Gasteiger partial charge in [-0.15, -0.1) is 0 Å². The Kier molecular flexibility index (Phi) is 5.19. The van der Waals surface area contributed by atoms with Crippen LogP contribution in [0.1, 0.15) is 12.8 Å². The molecule has 122 valence electrons. The van der Waals surface area contributed by atoms with E-state index in [0.29, 0.717) is 31.1 Å². The van der Waals surface area contributed by atoms with E-state index in [-0.39, 0.29) is 12.1 Å². The fourth-order valence-corrected chi connectivity index (χ4v) is 3.20. The molecule has 0 bridgehead atoms. The zero-order chi connectivity index (χ0) is 16.2. The van der Waals surface area contributed by atoms with Crippen LogP contribution in [0.3, 0.4) is 0 Å². The first-order valence-corrected chi connectivity index (χ1v) is 8.80. The van der Waals surface area contributed by atoms with Gasteiger partial charge in [-0.25, -0.2) is 22.9 Å². The van der Waals surface area contributed by atoms with E-state index in [1.54, 1.807) is 23.2 Å². The molecule has 22 heavy (non-hydrogen) atoms. The van der Waals surface area contributed by atoms with Gasteiger partial charge in [0.1, 0.15) is 5.69 Å². The predicted octanol–water partition coefficient (Wildman–Crippen LogP) is 0.636. The van der Waals surface area contributed by atoms with E-state index >= 15 is 0 Å². The fourth-order valence-electron chi connectivity index (χ4n) is 2.40. The van der Waals surface area contributed by atoms with Crippen molar-refractivity contribution in [3.05, 3.63) is 18.3 Å². The summed E-state index contributed by atoms with van der Waals surface area (Å²) in [6.07, 6.45) is 4.14. The molecular formula is C13H20N4O4S. The Morgan fingerprint density at radius 2 is 2.27 bits per heavy atom. The van der Waals surface area contributed by atoms with E-state index in [2.05, 4.69) is 15.0 Å². The molecule has 8 nitrogen and oxygen atoms in total. The van der Waals surface area contributed by atoms with E-state index in [1.807, 2.05) is 0 Å². The maximum absolute atomic E-state index is 12.3. The van der Waals surface area contributed by atoms with Gasteiger partial charge in [0.05, 0.1) is 13.4 Å². The first kappa shape index (κ1) is 16.5. The van der Waals surface area contributed by atoms with Crippen molar-refractivity contribution in [3.8, 4) is 5.88 Å². The van der Waals surface area contributed by atoms with Crippen LogP contribution in [0.15, 0.2) is 18.3 Å². The molecule has 1 saturated heterocycles. The summed E-state index contributed by atoms with van der Waals surface area (Å²) >= 11 is 0. The van der Waals surface area contributed by atoms with E-state index in [1.165, 1.54) is 7.11 Å². The van der Waals surface area contributed by atoms with Crippen LogP contribution in [0, 0.1) is 0 Å². The van der Waals surface area contributed by atoms with Crippen LogP contribution < -0.4 is 14.8 Å². The molecule has 0 radical (unpaired) electrons. The summed E-state index contributed by atoms with van der Waals surface area (Å²) in [5, 5.41) is 2.74. The molecule has 1 fully saturated rings. The third-order valence-electron chi connectivity index (χ3n) is 3.30. The van der Waals surface area contributed by atoms with Gasteiger partial charge in [0, 0.05) is 25.3 Å². The number of nitrogens with one attached hydrogen (secondary N) is 2. The van der Waals surface area contributed by atoms with E-state index in [9.17, 15) is 13.2 Å². The Labute approximate surface area is 129 Å². The zero-order valence-corrected chi connectivity index (χ0v) is 13.4. The minimum atomic E-state index is -3.28. The number of carbonyl (C=O) groups excluding carboxylic acids is 1. The van der Waals surface area contributed by atoms with Crippen molar-refractivity contribution in [1.29, 1.82) is 0 Å². The molecule has 1 aromatic heterocycles. The summed E-state index contributed by atoms with van der Waals surface area (Å²) in [6, 6.07) is 2.83. The maximum Gasteiger partial charge on any atom is 0.322 e. The van der Waals surface area contributed by atoms with Gasteiger partial charge in [0.15, 0.2) is 0 Å². The number of piperidine rings is 1. The number of anilines is 1. The number of hydrogen-bond donors (Lipinski definition) is 2. The number of rotatable bonds is 4. The molecule has 0 aromatic carbocycles. The summed E-state index contributed by atoms with van der Waals surface area (Å²) in [4.78, 5) is 17.9. The van der Waals surface area contributed by atoms with Crippen LogP contribution in [0.2, 0.25) is 0 Å². The Morgan fingerprint density at radius 1 is 1.50 bits per heavy atom. The Balaban J connectivity index is 2.00. The zero-order valence-electron chi connectivity index (χ0n) is 12.6. The number of likely N-dealkylation sites (tertiary alicyclic amines) is 1. The molecule has 2 heterocycles. The monoisotopic (exact) mass is 328 g/mol. The normalized spacial score (nSPS) is 18.8. The minimum Gasteiger partial charge on any atom is -0.480 e. The Hall–Kier alpha value is -1.87. The second-order valence-corrected chi connectivity index (χ2v) is 6.95. The SMILES string of the molecule is COc1ncccc1NC(=O)N1CCC[C@H](NS(C)(=O)=O)C1. The van der Waals surface area contributed by atoms with E-state index in [0.717, 1.165) is 12.7 Å². The fraction of sp³-hybridized carbons (Fsp3) is 0.538. The highest BCUT2D eigenvalue weighted by Crippen LogP contribution is 2.21. The number of urea groups is 1. The quantitative estimate of drug-likeness (QED) is 0.844. The summed E-state index contributed by atoms with van der Waals surface area (Å²) in [5.41, 5.74) is 0.480. The molecule has 2 amide bonds. The van der Waals surface area contributed by atoms with Gasteiger partial charge in [0.25, 0.3) is 0 Å². The van der Waals surface area contributed by atoms with Crippen LogP contribution in [0.4, 0.5) is 10.5 Å². The first-order chi connectivity index (χ1) is 10.4. The lowest BCUT2D eigenvalue weighted by Gasteiger charge is -2.32. The lowest BCUT2D eigenvalue weighted by molar-refractivity contribution is 0.190. The predicted molar refractivity (Wildman–Crippen MR) is 82.4 cm³/mol. The van der Waals surface area contributed by atoms with Gasteiger partial charge in [0.2, 0.25) is 15.9 Å². The van der Waals surface area contributed by atoms with Crippen LogP contribution in [0.5, 0.6) is 5.88 Å². The van der Waals surface area contributed by atoms with Gasteiger partial charge in [-0.05, 0) is 25.0 Å². The number of carbonyl (C=O) groups is 1. The number of pyridine rings is 1. The van der Waals surface area contributed by atoms with Gasteiger partial charge in [-0.2, -0.15) is 0 Å². The molecule has 1 atom stereocenters. The standard InChI is InChI=1S/C13H20N4O4S/c1-21-12-11(6-3-7-14-12)15-13(18)17-8-4-5-10(9-17)16-22(2,19)20/h3,6-7,10,16H,4-5,8-9H2,1-2H3,(H,15,18)/t10-/m0/s1. The van der Waals surface area contributed by atoms with Gasteiger partial charge < -0.3 is 15.0 Å². The van der Waals surface area contributed by atoms with Crippen LogP contribution >= 0.6 is 0 Å². The number of nitrogens with zero attached hydrogens (tertiary/aromatic N) is 2. The number of methoxy groups -OCH3 is 1. The highest BCUT2D eigenvalue weighted by atomic mass is 32.2. The summed E-state index contributed by atoms with van der Waals surface area (Å²) in [6.45, 7) is 0.915. The van der Waals surface area contributed by atoms with Crippen molar-refractivity contribution in [2.24, 2.45) is 0 Å². The molecular weight excluding hydrogens is 308 g/mol. The average Bonchev–Trinajstić information content (AvgIpc) is 2.46. The number of sulfonamides is 1. The topological polar surface area (TPSA) is 101 Å². The molecule has 2 N–H and O–H groups in total. The van der Waals surface area contributed by atoms with E-state index in [4.69, 9.17) is 4.74 Å². The van der Waals surface area contributed by atoms with Gasteiger partial charge in [-0.3, -0.25) is 0 Å². The molecule has 9 heteroatoms. The van der Waals surface area contributed by atoms with Crippen LogP contribution in [-0.4, -0.2) is 56.8 Å². The molecule has 1 aliphatic rings. The first-order valence-electron chi connectivity index (χ1n) is 6.91. The third-order valence-corrected chi connectivity index (χ3v) is 4.06. The van der Waals surface area contributed by atoms with Crippen molar-refractivity contribution in [3.63, 3.8) is 0 Å². The molecule has 0 unspecified atom stereocenters. The molecule has 2 rings (SSSR count). The smallest absolute Gasteiger partial charge is 0.322 e. The number of amides is 2. The molecule has 0 spiro atoms. The van der Waals surface area contributed by atoms with Gasteiger partial charge >= 0.3 is 6.03 Å². The maximum atomic E-state index is 12.3. The highest BCUT2D eigenvalue weighted by molar-refractivity contribution is 7.88. The molecule has 0 saturated carbocycles. The second kappa shape index (κ2) is 6.93. The molecule has 1 aromatic rings. The van der Waals surface area contributed by atoms with Crippen molar-refractivity contribution in [2.75, 3.05) is 31.8 Å². The third kappa shape index (κ3) is 4.57. The summed E-state index contributed by atoms with van der Waals surface area (Å²) < 4.78 is 30.2. The van der Waals surface area contributed by atoms with E-state index < -0.39 is 10.0 Å². The number of ether oxygens (including phenoxy) is 1. The van der Waals surface area contributed by atoms with Crippen LogP contribution in [-0.2, 0) is 10.0 Å². The largest absolute Gasteiger partial charge is 0.480 e.